The van der Waals surface area contributed by atoms with E-state index in [1.54, 1.807) is 13.0 Å². The molecule has 0 aliphatic carbocycles. The molecule has 0 atom stereocenters. The Hall–Kier alpha value is -2.08. The van der Waals surface area contributed by atoms with Gasteiger partial charge in [0, 0.05) is 12.1 Å². The van der Waals surface area contributed by atoms with Crippen molar-refractivity contribution in [3.05, 3.63) is 29.3 Å². The van der Waals surface area contributed by atoms with E-state index in [1.807, 2.05) is 0 Å². The number of phenols is 1. The highest BCUT2D eigenvalue weighted by Crippen LogP contribution is 2.16. The van der Waals surface area contributed by atoms with E-state index in [0.717, 1.165) is 0 Å². The van der Waals surface area contributed by atoms with Crippen molar-refractivity contribution >= 4 is 11.9 Å². The van der Waals surface area contributed by atoms with E-state index >= 15 is 0 Å². The van der Waals surface area contributed by atoms with Crippen LogP contribution in [0.3, 0.4) is 0 Å². The third kappa shape index (κ3) is 5.39. The summed E-state index contributed by atoms with van der Waals surface area (Å²) in [5.41, 5.74) is 1.09. The van der Waals surface area contributed by atoms with Crippen LogP contribution in [0.1, 0.15) is 22.3 Å². The summed E-state index contributed by atoms with van der Waals surface area (Å²) < 4.78 is 5.04. The van der Waals surface area contributed by atoms with Crippen LogP contribution in [0.5, 0.6) is 5.75 Å². The summed E-state index contributed by atoms with van der Waals surface area (Å²) in [5, 5.41) is 20.4. The minimum Gasteiger partial charge on any atom is -0.508 e. The molecule has 6 nitrogen and oxygen atoms in total. The van der Waals surface area contributed by atoms with Gasteiger partial charge in [-0.1, -0.05) is 0 Å². The van der Waals surface area contributed by atoms with E-state index in [-0.39, 0.29) is 31.3 Å². The van der Waals surface area contributed by atoms with Crippen molar-refractivity contribution in [2.75, 3.05) is 19.8 Å². The Bertz CT molecular complexity index is 458. The van der Waals surface area contributed by atoms with Crippen LogP contribution in [0.4, 0.5) is 0 Å². The summed E-state index contributed by atoms with van der Waals surface area (Å²) in [6.07, 6.45) is -0.0505. The Balaban J connectivity index is 2.27. The molecule has 3 N–H and O–H groups in total. The fourth-order valence-electron chi connectivity index (χ4n) is 1.40. The van der Waals surface area contributed by atoms with Gasteiger partial charge in [0.2, 0.25) is 0 Å². The summed E-state index contributed by atoms with van der Waals surface area (Å²) in [5.74, 6) is -1.03. The number of carbonyl (C=O) groups is 2. The molecule has 1 amide bonds. The summed E-state index contributed by atoms with van der Waals surface area (Å²) >= 11 is 0. The lowest BCUT2D eigenvalue weighted by atomic mass is 10.1. The van der Waals surface area contributed by atoms with E-state index < -0.39 is 5.97 Å². The second kappa shape index (κ2) is 7.38. The van der Waals surface area contributed by atoms with Crippen LogP contribution >= 0.6 is 0 Å². The van der Waals surface area contributed by atoms with Crippen molar-refractivity contribution in [1.82, 2.24) is 5.32 Å². The fraction of sp³-hybridized carbons (Fsp3) is 0.385. The van der Waals surface area contributed by atoms with E-state index in [4.69, 9.17) is 9.84 Å². The molecule has 1 aromatic carbocycles. The van der Waals surface area contributed by atoms with Crippen LogP contribution in [0.25, 0.3) is 0 Å². The molecule has 0 heterocycles. The number of benzene rings is 1. The number of hydrogen-bond donors (Lipinski definition) is 3. The molecule has 0 radical (unpaired) electrons. The Morgan fingerprint density at radius 2 is 2.05 bits per heavy atom. The maximum Gasteiger partial charge on any atom is 0.305 e. The topological polar surface area (TPSA) is 95.9 Å². The van der Waals surface area contributed by atoms with Crippen LogP contribution in [0, 0.1) is 6.92 Å². The maximum absolute atomic E-state index is 11.7. The minimum absolute atomic E-state index is 0.0505. The molecule has 104 valence electrons. The first-order chi connectivity index (χ1) is 9.00. The molecular formula is C13H17NO5. The van der Waals surface area contributed by atoms with Gasteiger partial charge in [0.15, 0.2) is 0 Å². The average molecular weight is 267 g/mol. The normalized spacial score (nSPS) is 10.2. The van der Waals surface area contributed by atoms with Gasteiger partial charge in [0.1, 0.15) is 5.75 Å². The number of aryl methyl sites for hydroxylation is 1. The number of phenolic OH excluding ortho intramolecular Hbond substituents is 1. The number of carboxylic acids is 1. The molecule has 0 unspecified atom stereocenters. The third-order valence-electron chi connectivity index (χ3n) is 2.45. The first-order valence-corrected chi connectivity index (χ1v) is 5.88. The molecule has 0 spiro atoms. The molecule has 0 aliphatic rings. The summed E-state index contributed by atoms with van der Waals surface area (Å²) in [4.78, 5) is 21.9. The van der Waals surface area contributed by atoms with Crippen molar-refractivity contribution in [2.24, 2.45) is 0 Å². The van der Waals surface area contributed by atoms with Gasteiger partial charge in [-0.3, -0.25) is 9.59 Å². The van der Waals surface area contributed by atoms with E-state index in [2.05, 4.69) is 5.32 Å². The van der Waals surface area contributed by atoms with Gasteiger partial charge in [-0.25, -0.2) is 0 Å². The monoisotopic (exact) mass is 267 g/mol. The molecule has 0 saturated heterocycles. The van der Waals surface area contributed by atoms with Gasteiger partial charge in [-0.05, 0) is 30.7 Å². The van der Waals surface area contributed by atoms with Gasteiger partial charge in [-0.2, -0.15) is 0 Å². The highest BCUT2D eigenvalue weighted by atomic mass is 16.5. The molecule has 6 heteroatoms. The highest BCUT2D eigenvalue weighted by Gasteiger charge is 2.06. The first-order valence-electron chi connectivity index (χ1n) is 5.88. The zero-order valence-electron chi connectivity index (χ0n) is 10.7. The van der Waals surface area contributed by atoms with Crippen LogP contribution in [-0.4, -0.2) is 41.8 Å². The van der Waals surface area contributed by atoms with Crippen molar-refractivity contribution in [3.63, 3.8) is 0 Å². The number of nitrogens with one attached hydrogen (secondary N) is 1. The maximum atomic E-state index is 11.7. The number of carboxylic acid groups (broad SMARTS) is 1. The SMILES string of the molecule is Cc1cc(C(=O)NCCOCCC(=O)O)ccc1O. The lowest BCUT2D eigenvalue weighted by molar-refractivity contribution is -0.138. The first kappa shape index (κ1) is 15.0. The number of rotatable bonds is 7. The second-order valence-corrected chi connectivity index (χ2v) is 4.01. The van der Waals surface area contributed by atoms with Crippen LogP contribution in [0.15, 0.2) is 18.2 Å². The highest BCUT2D eigenvalue weighted by molar-refractivity contribution is 5.94. The minimum atomic E-state index is -0.913. The van der Waals surface area contributed by atoms with Crippen molar-refractivity contribution in [2.45, 2.75) is 13.3 Å². The molecular weight excluding hydrogens is 250 g/mol. The van der Waals surface area contributed by atoms with Gasteiger partial charge in [-0.15, -0.1) is 0 Å². The number of carbonyl (C=O) groups excluding carboxylic acids is 1. The second-order valence-electron chi connectivity index (χ2n) is 4.01. The average Bonchev–Trinajstić information content (AvgIpc) is 2.36. The van der Waals surface area contributed by atoms with Gasteiger partial charge in [0.05, 0.1) is 19.6 Å². The number of aromatic hydroxyl groups is 1. The van der Waals surface area contributed by atoms with Crippen LogP contribution in [-0.2, 0) is 9.53 Å². The molecule has 0 aromatic heterocycles. The van der Waals surface area contributed by atoms with E-state index in [9.17, 15) is 14.7 Å². The Morgan fingerprint density at radius 3 is 2.68 bits per heavy atom. The third-order valence-corrected chi connectivity index (χ3v) is 2.45. The zero-order valence-corrected chi connectivity index (χ0v) is 10.7. The zero-order chi connectivity index (χ0) is 14.3. The molecule has 0 bridgehead atoms. The predicted octanol–water partition coefficient (Wildman–Crippen LogP) is 0.922. The molecule has 0 aliphatic heterocycles. The number of ether oxygens (including phenoxy) is 1. The molecule has 19 heavy (non-hydrogen) atoms. The Morgan fingerprint density at radius 1 is 1.32 bits per heavy atom. The number of aliphatic carboxylic acids is 1. The quantitative estimate of drug-likeness (QED) is 0.638. The van der Waals surface area contributed by atoms with Crippen LogP contribution < -0.4 is 5.32 Å². The van der Waals surface area contributed by atoms with E-state index in [1.165, 1.54) is 12.1 Å². The summed E-state index contributed by atoms with van der Waals surface area (Å²) in [6, 6.07) is 4.59. The lowest BCUT2D eigenvalue weighted by Crippen LogP contribution is -2.27. The Labute approximate surface area is 111 Å². The van der Waals surface area contributed by atoms with Crippen molar-refractivity contribution in [1.29, 1.82) is 0 Å². The van der Waals surface area contributed by atoms with Gasteiger partial charge < -0.3 is 20.3 Å². The van der Waals surface area contributed by atoms with Gasteiger partial charge >= 0.3 is 5.97 Å². The standard InChI is InChI=1S/C13H17NO5/c1-9-8-10(2-3-11(9)15)13(18)14-5-7-19-6-4-12(16)17/h2-3,8,15H,4-7H2,1H3,(H,14,18)(H,16,17). The number of hydrogen-bond acceptors (Lipinski definition) is 4. The van der Waals surface area contributed by atoms with Gasteiger partial charge in [0.25, 0.3) is 5.91 Å². The smallest absolute Gasteiger partial charge is 0.305 e. The predicted molar refractivity (Wildman–Crippen MR) is 68.2 cm³/mol. The molecule has 0 saturated carbocycles. The number of amides is 1. The Kier molecular flexibility index (Phi) is 5.81. The largest absolute Gasteiger partial charge is 0.508 e. The lowest BCUT2D eigenvalue weighted by Gasteiger charge is -2.07. The van der Waals surface area contributed by atoms with Crippen LogP contribution in [0.2, 0.25) is 0 Å². The molecule has 0 fully saturated rings. The summed E-state index contributed by atoms with van der Waals surface area (Å²) in [7, 11) is 0. The fourth-order valence-corrected chi connectivity index (χ4v) is 1.40. The molecule has 1 rings (SSSR count). The van der Waals surface area contributed by atoms with E-state index in [0.29, 0.717) is 17.7 Å². The van der Waals surface area contributed by atoms with Crippen molar-refractivity contribution in [3.8, 4) is 5.75 Å². The van der Waals surface area contributed by atoms with Crippen molar-refractivity contribution < 1.29 is 24.5 Å². The molecule has 1 aromatic rings. The summed E-state index contributed by atoms with van der Waals surface area (Å²) in [6.45, 7) is 2.40.